The first kappa shape index (κ1) is 27.2. The Morgan fingerprint density at radius 3 is 2.44 bits per heavy atom. The molecule has 0 spiro atoms. The minimum atomic E-state index is -0.742. The van der Waals surface area contributed by atoms with E-state index in [1.54, 1.807) is 17.0 Å². The first-order chi connectivity index (χ1) is 17.4. The Balaban J connectivity index is 2.05. The van der Waals surface area contributed by atoms with Gasteiger partial charge in [-0.1, -0.05) is 25.8 Å². The minimum absolute atomic E-state index is 0.0649. The van der Waals surface area contributed by atoms with Gasteiger partial charge >= 0.3 is 0 Å². The summed E-state index contributed by atoms with van der Waals surface area (Å²) < 4.78 is 11.8. The van der Waals surface area contributed by atoms with Crippen LogP contribution >= 0.6 is 0 Å². The number of aliphatic hydroxyl groups excluding tert-OH is 1. The highest BCUT2D eigenvalue weighted by Crippen LogP contribution is 2.42. The third kappa shape index (κ3) is 6.43. The van der Waals surface area contributed by atoms with Gasteiger partial charge in [0.05, 0.1) is 24.8 Å². The van der Waals surface area contributed by atoms with Gasteiger partial charge in [0.2, 0.25) is 0 Å². The Kier molecular flexibility index (Phi) is 9.87. The van der Waals surface area contributed by atoms with Crippen molar-refractivity contribution in [1.29, 1.82) is 0 Å². The lowest BCUT2D eigenvalue weighted by Crippen LogP contribution is -2.32. The summed E-state index contributed by atoms with van der Waals surface area (Å²) in [6.07, 6.45) is 6.89. The van der Waals surface area contributed by atoms with Crippen molar-refractivity contribution >= 4 is 17.4 Å². The van der Waals surface area contributed by atoms with Gasteiger partial charge in [-0.15, -0.1) is 0 Å². The quantitative estimate of drug-likeness (QED) is 0.190. The number of Topliss-reactive ketones (excluding diaryl/α,β-unsaturated/α-hetero) is 1. The van der Waals surface area contributed by atoms with E-state index in [1.165, 1.54) is 12.4 Å². The van der Waals surface area contributed by atoms with Crippen molar-refractivity contribution in [2.45, 2.75) is 45.6 Å². The molecular weight excluding hydrogens is 458 g/mol. The number of aromatic nitrogens is 1. The Morgan fingerprint density at radius 1 is 1.03 bits per heavy atom. The van der Waals surface area contributed by atoms with Gasteiger partial charge in [-0.2, -0.15) is 0 Å². The van der Waals surface area contributed by atoms with Crippen LogP contribution in [0.3, 0.4) is 0 Å². The van der Waals surface area contributed by atoms with Gasteiger partial charge in [-0.3, -0.25) is 14.6 Å². The molecule has 3 rings (SSSR count). The molecule has 8 nitrogen and oxygen atoms in total. The molecule has 1 aliphatic heterocycles. The number of unbranched alkanes of at least 4 members (excludes halogenated alkanes) is 2. The van der Waals surface area contributed by atoms with Gasteiger partial charge in [0.1, 0.15) is 5.76 Å². The zero-order chi connectivity index (χ0) is 26.1. The van der Waals surface area contributed by atoms with Gasteiger partial charge < -0.3 is 24.4 Å². The molecular formula is C28H37N3O5. The number of rotatable bonds is 13. The SMILES string of the molecule is CCCCCOc1ccc(C2C(=C(O)c3ccncc3)C(=O)C(=O)N2CCCN(C)C)cc1OCC. The standard InChI is InChI=1S/C28H37N3O5/c1-5-7-8-18-36-22-11-10-21(19-23(22)35-6-2)25-24(26(32)20-12-14-29-15-13-20)27(33)28(34)31(25)17-9-16-30(3)4/h10-15,19,25,32H,5-9,16-18H2,1-4H3. The number of benzene rings is 1. The van der Waals surface area contributed by atoms with Crippen LogP contribution in [0.15, 0.2) is 48.3 Å². The summed E-state index contributed by atoms with van der Waals surface area (Å²) in [6, 6.07) is 7.96. The third-order valence-corrected chi connectivity index (χ3v) is 6.09. The Bertz CT molecular complexity index is 1070. The second-order valence-corrected chi connectivity index (χ2v) is 9.08. The molecule has 1 aromatic carbocycles. The Hall–Kier alpha value is -3.39. The topological polar surface area (TPSA) is 92.2 Å². The summed E-state index contributed by atoms with van der Waals surface area (Å²) in [7, 11) is 3.92. The molecule has 1 N–H and O–H groups in total. The van der Waals surface area contributed by atoms with Crippen LogP contribution in [0.5, 0.6) is 11.5 Å². The Labute approximate surface area is 213 Å². The molecule has 0 bridgehead atoms. The molecule has 2 heterocycles. The average molecular weight is 496 g/mol. The molecule has 1 saturated heterocycles. The van der Waals surface area contributed by atoms with Gasteiger partial charge in [0, 0.05) is 24.5 Å². The van der Waals surface area contributed by atoms with Crippen molar-refractivity contribution in [2.75, 3.05) is 40.4 Å². The van der Waals surface area contributed by atoms with E-state index in [4.69, 9.17) is 9.47 Å². The van der Waals surface area contributed by atoms with Crippen molar-refractivity contribution in [2.24, 2.45) is 0 Å². The van der Waals surface area contributed by atoms with E-state index in [0.29, 0.717) is 48.8 Å². The molecule has 36 heavy (non-hydrogen) atoms. The summed E-state index contributed by atoms with van der Waals surface area (Å²) >= 11 is 0. The predicted octanol–water partition coefficient (Wildman–Crippen LogP) is 4.42. The van der Waals surface area contributed by atoms with Crippen LogP contribution in [0.25, 0.3) is 5.76 Å². The van der Waals surface area contributed by atoms with E-state index in [0.717, 1.165) is 25.8 Å². The van der Waals surface area contributed by atoms with Crippen molar-refractivity contribution < 1.29 is 24.2 Å². The number of amides is 1. The highest BCUT2D eigenvalue weighted by molar-refractivity contribution is 6.46. The molecule has 0 saturated carbocycles. The van der Waals surface area contributed by atoms with Crippen LogP contribution in [0, 0.1) is 0 Å². The number of aliphatic hydroxyl groups is 1. The maximum Gasteiger partial charge on any atom is 0.295 e. The number of ketones is 1. The molecule has 2 aromatic rings. The van der Waals surface area contributed by atoms with Crippen LogP contribution in [-0.2, 0) is 9.59 Å². The molecule has 1 fully saturated rings. The number of nitrogens with zero attached hydrogens (tertiary/aromatic N) is 3. The second kappa shape index (κ2) is 13.1. The van der Waals surface area contributed by atoms with E-state index in [2.05, 4.69) is 11.9 Å². The summed E-state index contributed by atoms with van der Waals surface area (Å²) in [6.45, 7) is 6.19. The average Bonchev–Trinajstić information content (AvgIpc) is 3.12. The van der Waals surface area contributed by atoms with E-state index < -0.39 is 17.7 Å². The van der Waals surface area contributed by atoms with Crippen LogP contribution in [-0.4, -0.2) is 72.0 Å². The lowest BCUT2D eigenvalue weighted by molar-refractivity contribution is -0.139. The molecule has 194 valence electrons. The monoisotopic (exact) mass is 495 g/mol. The summed E-state index contributed by atoms with van der Waals surface area (Å²) in [4.78, 5) is 33.9. The van der Waals surface area contributed by atoms with Gasteiger partial charge in [-0.25, -0.2) is 0 Å². The number of hydrogen-bond acceptors (Lipinski definition) is 7. The molecule has 1 aliphatic rings. The fourth-order valence-corrected chi connectivity index (χ4v) is 4.30. The van der Waals surface area contributed by atoms with Crippen LogP contribution in [0.2, 0.25) is 0 Å². The van der Waals surface area contributed by atoms with Gasteiger partial charge in [0.25, 0.3) is 11.7 Å². The molecule has 0 aliphatic carbocycles. The largest absolute Gasteiger partial charge is 0.507 e. The van der Waals surface area contributed by atoms with Crippen molar-refractivity contribution in [1.82, 2.24) is 14.8 Å². The van der Waals surface area contributed by atoms with E-state index in [9.17, 15) is 14.7 Å². The molecule has 0 radical (unpaired) electrons. The van der Waals surface area contributed by atoms with Crippen molar-refractivity contribution in [3.63, 3.8) is 0 Å². The fraction of sp³-hybridized carbons (Fsp3) is 0.464. The van der Waals surface area contributed by atoms with Crippen LogP contribution in [0.4, 0.5) is 0 Å². The van der Waals surface area contributed by atoms with Crippen molar-refractivity contribution in [3.05, 3.63) is 59.4 Å². The molecule has 8 heteroatoms. The zero-order valence-corrected chi connectivity index (χ0v) is 21.7. The number of likely N-dealkylation sites (tertiary alicyclic amines) is 1. The van der Waals surface area contributed by atoms with E-state index in [1.807, 2.05) is 44.1 Å². The number of carbonyl (C=O) groups excluding carboxylic acids is 2. The molecule has 1 unspecified atom stereocenters. The molecule has 1 amide bonds. The van der Waals surface area contributed by atoms with Crippen LogP contribution < -0.4 is 9.47 Å². The third-order valence-electron chi connectivity index (χ3n) is 6.09. The normalized spacial score (nSPS) is 17.1. The minimum Gasteiger partial charge on any atom is -0.507 e. The van der Waals surface area contributed by atoms with Gasteiger partial charge in [-0.05, 0) is 70.2 Å². The smallest absolute Gasteiger partial charge is 0.295 e. The van der Waals surface area contributed by atoms with E-state index in [-0.39, 0.29) is 11.3 Å². The fourth-order valence-electron chi connectivity index (χ4n) is 4.30. The summed E-state index contributed by atoms with van der Waals surface area (Å²) in [5.74, 6) is -0.359. The van der Waals surface area contributed by atoms with Gasteiger partial charge in [0.15, 0.2) is 11.5 Å². The summed E-state index contributed by atoms with van der Waals surface area (Å²) in [5, 5.41) is 11.2. The number of pyridine rings is 1. The Morgan fingerprint density at radius 2 is 1.78 bits per heavy atom. The maximum absolute atomic E-state index is 13.2. The first-order valence-electron chi connectivity index (χ1n) is 12.6. The molecule has 1 aromatic heterocycles. The van der Waals surface area contributed by atoms with Crippen molar-refractivity contribution in [3.8, 4) is 11.5 Å². The maximum atomic E-state index is 13.2. The summed E-state index contributed by atoms with van der Waals surface area (Å²) in [5.41, 5.74) is 1.18. The zero-order valence-electron chi connectivity index (χ0n) is 21.7. The lowest BCUT2D eigenvalue weighted by Gasteiger charge is -2.26. The number of carbonyl (C=O) groups is 2. The highest BCUT2D eigenvalue weighted by atomic mass is 16.5. The highest BCUT2D eigenvalue weighted by Gasteiger charge is 2.46. The number of hydrogen-bond donors (Lipinski definition) is 1. The first-order valence-corrected chi connectivity index (χ1v) is 12.6. The number of ether oxygens (including phenoxy) is 2. The van der Waals surface area contributed by atoms with E-state index >= 15 is 0 Å². The lowest BCUT2D eigenvalue weighted by atomic mass is 9.95. The predicted molar refractivity (Wildman–Crippen MR) is 139 cm³/mol. The second-order valence-electron chi connectivity index (χ2n) is 9.08. The molecule has 1 atom stereocenters. The van der Waals surface area contributed by atoms with Crippen LogP contribution in [0.1, 0.15) is 56.7 Å².